The van der Waals surface area contributed by atoms with E-state index in [-0.39, 0.29) is 18.4 Å². The van der Waals surface area contributed by atoms with Gasteiger partial charge in [-0.25, -0.2) is 9.78 Å². The molecule has 1 aromatic rings. The van der Waals surface area contributed by atoms with Crippen molar-refractivity contribution < 1.29 is 19.1 Å². The lowest BCUT2D eigenvalue weighted by Gasteiger charge is -2.36. The zero-order valence-electron chi connectivity index (χ0n) is 20.3. The Morgan fingerprint density at radius 1 is 1.19 bits per heavy atom. The Kier molecular flexibility index (Phi) is 9.03. The monoisotopic (exact) mass is 466 g/mol. The molecular weight excluding hydrogens is 428 g/mol. The first-order chi connectivity index (χ1) is 14.9. The Morgan fingerprint density at radius 2 is 1.84 bits per heavy atom. The normalized spacial score (nSPS) is 15.1. The van der Waals surface area contributed by atoms with E-state index in [1.807, 2.05) is 25.7 Å². The quantitative estimate of drug-likeness (QED) is 0.314. The summed E-state index contributed by atoms with van der Waals surface area (Å²) in [7, 11) is -1.22. The van der Waals surface area contributed by atoms with Crippen LogP contribution in [0.25, 0.3) is 0 Å². The highest BCUT2D eigenvalue weighted by atomic mass is 28.3. The van der Waals surface area contributed by atoms with Crippen LogP contribution in [-0.4, -0.2) is 73.3 Å². The predicted molar refractivity (Wildman–Crippen MR) is 127 cm³/mol. The van der Waals surface area contributed by atoms with Crippen LogP contribution in [0.1, 0.15) is 32.9 Å². The lowest BCUT2D eigenvalue weighted by atomic mass is 10.2. The van der Waals surface area contributed by atoms with Gasteiger partial charge in [-0.1, -0.05) is 19.6 Å². The van der Waals surface area contributed by atoms with Gasteiger partial charge in [-0.15, -0.1) is 0 Å². The fraction of sp³-hybridized carbons (Fsp3) is 0.727. The first-order valence-electron chi connectivity index (χ1n) is 11.2. The fourth-order valence-corrected chi connectivity index (χ4v) is 3.93. The van der Waals surface area contributed by atoms with E-state index in [0.717, 1.165) is 12.3 Å². The molecule has 1 amide bonds. The predicted octanol–water partition coefficient (Wildman–Crippen LogP) is 2.74. The van der Waals surface area contributed by atoms with Gasteiger partial charge in [-0.05, 0) is 33.2 Å². The highest BCUT2D eigenvalue weighted by Gasteiger charge is 2.27. The summed E-state index contributed by atoms with van der Waals surface area (Å²) in [5, 5.41) is 0. The summed E-state index contributed by atoms with van der Waals surface area (Å²) in [5.41, 5.74) is -0.0973. The second kappa shape index (κ2) is 11.1. The van der Waals surface area contributed by atoms with Crippen molar-refractivity contribution in [3.05, 3.63) is 22.2 Å². The van der Waals surface area contributed by atoms with E-state index >= 15 is 0 Å². The van der Waals surface area contributed by atoms with Crippen molar-refractivity contribution in [1.82, 2.24) is 14.5 Å². The van der Waals surface area contributed by atoms with Crippen LogP contribution in [0, 0.1) is 0 Å². The van der Waals surface area contributed by atoms with Gasteiger partial charge in [0.25, 0.3) is 5.56 Å². The number of piperazine rings is 1. The molecule has 0 aliphatic carbocycles. The standard InChI is InChI=1S/C22H38N4O5Si/c1-22(2,3)31-21(29)25-11-9-24(10-12-25)19-20(28)26(16-18(23-19)8-7-13-27)17-30-14-15-32(4,5)6/h13,16H,7-12,14-15,17H2,1-6H3. The van der Waals surface area contributed by atoms with Gasteiger partial charge in [0.15, 0.2) is 5.82 Å². The van der Waals surface area contributed by atoms with Gasteiger partial charge in [-0.2, -0.15) is 0 Å². The zero-order valence-corrected chi connectivity index (χ0v) is 21.3. The molecule has 2 heterocycles. The van der Waals surface area contributed by atoms with E-state index in [1.54, 1.807) is 11.1 Å². The summed E-state index contributed by atoms with van der Waals surface area (Å²) in [5.74, 6) is 0.339. The number of aldehydes is 1. The highest BCUT2D eigenvalue weighted by molar-refractivity contribution is 6.76. The molecule has 1 aliphatic rings. The highest BCUT2D eigenvalue weighted by Crippen LogP contribution is 2.15. The Bertz CT molecular complexity index is 836. The molecule has 1 aliphatic heterocycles. The molecule has 0 bridgehead atoms. The number of anilines is 1. The second-order valence-corrected chi connectivity index (χ2v) is 16.0. The van der Waals surface area contributed by atoms with E-state index in [2.05, 4.69) is 24.6 Å². The van der Waals surface area contributed by atoms with Crippen LogP contribution in [0.5, 0.6) is 0 Å². The van der Waals surface area contributed by atoms with Gasteiger partial charge < -0.3 is 24.1 Å². The largest absolute Gasteiger partial charge is 0.444 e. The molecule has 0 spiro atoms. The number of rotatable bonds is 9. The Labute approximate surface area is 191 Å². The second-order valence-electron chi connectivity index (χ2n) is 10.3. The molecule has 0 N–H and O–H groups in total. The van der Waals surface area contributed by atoms with Crippen molar-refractivity contribution in [3.63, 3.8) is 0 Å². The van der Waals surface area contributed by atoms with Crippen molar-refractivity contribution in [2.75, 3.05) is 37.7 Å². The van der Waals surface area contributed by atoms with Crippen molar-refractivity contribution in [2.24, 2.45) is 0 Å². The average Bonchev–Trinajstić information content (AvgIpc) is 2.69. The molecular formula is C22H38N4O5Si. The first-order valence-corrected chi connectivity index (χ1v) is 14.9. The molecule has 1 fully saturated rings. The smallest absolute Gasteiger partial charge is 0.410 e. The van der Waals surface area contributed by atoms with Crippen LogP contribution in [0.15, 0.2) is 11.0 Å². The van der Waals surface area contributed by atoms with Gasteiger partial charge >= 0.3 is 6.09 Å². The van der Waals surface area contributed by atoms with Gasteiger partial charge in [-0.3, -0.25) is 9.36 Å². The Morgan fingerprint density at radius 3 is 2.41 bits per heavy atom. The minimum atomic E-state index is -1.22. The van der Waals surface area contributed by atoms with Gasteiger partial charge in [0, 0.05) is 53.5 Å². The third kappa shape index (κ3) is 8.38. The number of ether oxygens (including phenoxy) is 2. The van der Waals surface area contributed by atoms with E-state index in [0.29, 0.717) is 57.1 Å². The molecule has 2 rings (SSSR count). The minimum absolute atomic E-state index is 0.158. The van der Waals surface area contributed by atoms with E-state index in [9.17, 15) is 14.4 Å². The molecule has 32 heavy (non-hydrogen) atoms. The van der Waals surface area contributed by atoms with Gasteiger partial charge in [0.2, 0.25) is 0 Å². The van der Waals surface area contributed by atoms with Crippen molar-refractivity contribution in [1.29, 1.82) is 0 Å². The number of hydrogen-bond acceptors (Lipinski definition) is 7. The van der Waals surface area contributed by atoms with Crippen molar-refractivity contribution >= 4 is 26.3 Å². The van der Waals surface area contributed by atoms with Crippen LogP contribution in [-0.2, 0) is 27.4 Å². The summed E-state index contributed by atoms with van der Waals surface area (Å²) < 4.78 is 12.8. The summed E-state index contributed by atoms with van der Waals surface area (Å²) in [6, 6.07) is 1.02. The van der Waals surface area contributed by atoms with E-state index in [1.165, 1.54) is 4.57 Å². The zero-order chi connectivity index (χ0) is 23.9. The molecule has 0 aromatic carbocycles. The summed E-state index contributed by atoms with van der Waals surface area (Å²) in [6.45, 7) is 15.0. The van der Waals surface area contributed by atoms with Crippen LogP contribution >= 0.6 is 0 Å². The molecule has 0 atom stereocenters. The van der Waals surface area contributed by atoms with Crippen LogP contribution in [0.2, 0.25) is 25.7 Å². The van der Waals surface area contributed by atoms with E-state index in [4.69, 9.17) is 9.47 Å². The molecule has 0 unspecified atom stereocenters. The van der Waals surface area contributed by atoms with Crippen molar-refractivity contribution in [2.45, 2.75) is 71.6 Å². The molecule has 0 radical (unpaired) electrons. The number of nitrogens with zero attached hydrogens (tertiary/aromatic N) is 4. The Balaban J connectivity index is 2.11. The van der Waals surface area contributed by atoms with Gasteiger partial charge in [0.05, 0.1) is 5.69 Å². The molecule has 9 nitrogen and oxygen atoms in total. The molecule has 180 valence electrons. The molecule has 1 saturated heterocycles. The number of aromatic nitrogens is 2. The van der Waals surface area contributed by atoms with E-state index < -0.39 is 13.7 Å². The van der Waals surface area contributed by atoms with Crippen molar-refractivity contribution in [3.8, 4) is 0 Å². The van der Waals surface area contributed by atoms with Crippen LogP contribution in [0.3, 0.4) is 0 Å². The average molecular weight is 467 g/mol. The number of hydrogen-bond donors (Lipinski definition) is 0. The third-order valence-electron chi connectivity index (χ3n) is 4.98. The summed E-state index contributed by atoms with van der Waals surface area (Å²) in [6.07, 6.45) is 2.98. The number of carbonyl (C=O) groups is 2. The van der Waals surface area contributed by atoms with Gasteiger partial charge in [0.1, 0.15) is 18.6 Å². The molecule has 0 saturated carbocycles. The maximum absolute atomic E-state index is 13.1. The first kappa shape index (κ1) is 26.1. The summed E-state index contributed by atoms with van der Waals surface area (Å²) in [4.78, 5) is 44.4. The topological polar surface area (TPSA) is 94.0 Å². The van der Waals surface area contributed by atoms with Crippen LogP contribution < -0.4 is 10.5 Å². The SMILES string of the molecule is CC(C)(C)OC(=O)N1CCN(c2nc(CCC=O)cn(COCC[Si](C)(C)C)c2=O)CC1. The lowest BCUT2D eigenvalue weighted by Crippen LogP contribution is -2.51. The number of amides is 1. The summed E-state index contributed by atoms with van der Waals surface area (Å²) >= 11 is 0. The fourth-order valence-electron chi connectivity index (χ4n) is 3.18. The number of aryl methyl sites for hydroxylation is 1. The Hall–Kier alpha value is -2.20. The molecule has 10 heteroatoms. The third-order valence-corrected chi connectivity index (χ3v) is 6.69. The maximum atomic E-state index is 13.1. The number of carbonyl (C=O) groups excluding carboxylic acids is 2. The molecule has 1 aromatic heterocycles. The maximum Gasteiger partial charge on any atom is 0.410 e. The van der Waals surface area contributed by atoms with Crippen LogP contribution in [0.4, 0.5) is 10.6 Å². The lowest BCUT2D eigenvalue weighted by molar-refractivity contribution is -0.107. The minimum Gasteiger partial charge on any atom is -0.444 e.